The van der Waals surface area contributed by atoms with Gasteiger partial charge in [0.15, 0.2) is 0 Å². The highest BCUT2D eigenvalue weighted by atomic mass is 15.2. The van der Waals surface area contributed by atoms with Gasteiger partial charge in [0.2, 0.25) is 0 Å². The number of hydrogen-bond donors (Lipinski definition) is 1. The minimum atomic E-state index is 0.859. The number of hydrogen-bond acceptors (Lipinski definition) is 4. The van der Waals surface area contributed by atoms with Crippen molar-refractivity contribution in [1.82, 2.24) is 19.9 Å². The van der Waals surface area contributed by atoms with E-state index >= 15 is 0 Å². The first-order chi connectivity index (χ1) is 10.9. The monoisotopic (exact) mass is 299 g/mol. The summed E-state index contributed by atoms with van der Waals surface area (Å²) in [6, 6.07) is 2.09. The highest BCUT2D eigenvalue weighted by Gasteiger charge is 2.24. The standard InChI is InChI=1S/C17H25N5/c1-2-8-21(9-3-1)12-14-5-10-22(11-6-14)17-15-4-7-18-16(15)19-13-20-17/h4,7,13-14H,1-3,5-6,8-12H2,(H,18,19,20). The molecule has 2 aromatic rings. The first kappa shape index (κ1) is 14.0. The number of aromatic nitrogens is 3. The Kier molecular flexibility index (Phi) is 3.97. The largest absolute Gasteiger partial charge is 0.356 e. The Morgan fingerprint density at radius 2 is 1.86 bits per heavy atom. The maximum absolute atomic E-state index is 4.53. The van der Waals surface area contributed by atoms with Crippen LogP contribution in [0.15, 0.2) is 18.6 Å². The predicted molar refractivity (Wildman–Crippen MR) is 89.1 cm³/mol. The fourth-order valence-electron chi connectivity index (χ4n) is 3.95. The van der Waals surface area contributed by atoms with Crippen LogP contribution in [0, 0.1) is 5.92 Å². The van der Waals surface area contributed by atoms with Crippen molar-refractivity contribution >= 4 is 16.9 Å². The van der Waals surface area contributed by atoms with Gasteiger partial charge in [-0.15, -0.1) is 0 Å². The summed E-state index contributed by atoms with van der Waals surface area (Å²) in [5, 5.41) is 1.15. The van der Waals surface area contributed by atoms with E-state index in [0.29, 0.717) is 0 Å². The second kappa shape index (κ2) is 6.24. The Hall–Kier alpha value is -1.62. The Labute approximate surface area is 131 Å². The average Bonchev–Trinajstić information content (AvgIpc) is 3.05. The number of H-pyrrole nitrogens is 1. The van der Waals surface area contributed by atoms with Gasteiger partial charge in [0, 0.05) is 25.8 Å². The highest BCUT2D eigenvalue weighted by Crippen LogP contribution is 2.27. The molecule has 0 bridgehead atoms. The van der Waals surface area contributed by atoms with Gasteiger partial charge in [0.05, 0.1) is 5.39 Å². The maximum Gasteiger partial charge on any atom is 0.142 e. The fourth-order valence-corrected chi connectivity index (χ4v) is 3.95. The van der Waals surface area contributed by atoms with Crippen LogP contribution in [-0.2, 0) is 0 Å². The smallest absolute Gasteiger partial charge is 0.142 e. The van der Waals surface area contributed by atoms with E-state index in [9.17, 15) is 0 Å². The second-order valence-electron chi connectivity index (χ2n) is 6.73. The molecule has 5 nitrogen and oxygen atoms in total. The van der Waals surface area contributed by atoms with E-state index in [1.807, 2.05) is 6.20 Å². The fraction of sp³-hybridized carbons (Fsp3) is 0.647. The summed E-state index contributed by atoms with van der Waals surface area (Å²) in [5.74, 6) is 1.96. The summed E-state index contributed by atoms with van der Waals surface area (Å²) in [4.78, 5) is 17.1. The number of fused-ring (bicyclic) bond motifs is 1. The topological polar surface area (TPSA) is 48.1 Å². The van der Waals surface area contributed by atoms with E-state index in [1.54, 1.807) is 6.33 Å². The first-order valence-corrected chi connectivity index (χ1v) is 8.65. The Bertz CT molecular complexity index is 608. The molecule has 0 saturated carbocycles. The molecule has 2 saturated heterocycles. The molecule has 2 fully saturated rings. The van der Waals surface area contributed by atoms with Crippen molar-refractivity contribution in [3.63, 3.8) is 0 Å². The third-order valence-corrected chi connectivity index (χ3v) is 5.21. The zero-order valence-electron chi connectivity index (χ0n) is 13.2. The molecule has 2 aliphatic rings. The molecule has 22 heavy (non-hydrogen) atoms. The summed E-state index contributed by atoms with van der Waals surface area (Å²) in [5.41, 5.74) is 0.945. The molecule has 0 atom stereocenters. The maximum atomic E-state index is 4.53. The number of piperidine rings is 2. The van der Waals surface area contributed by atoms with E-state index < -0.39 is 0 Å². The van der Waals surface area contributed by atoms with Gasteiger partial charge in [0.25, 0.3) is 0 Å². The van der Waals surface area contributed by atoms with Crippen molar-refractivity contribution in [2.45, 2.75) is 32.1 Å². The zero-order chi connectivity index (χ0) is 14.8. The zero-order valence-corrected chi connectivity index (χ0v) is 13.2. The quantitative estimate of drug-likeness (QED) is 0.946. The van der Waals surface area contributed by atoms with Crippen LogP contribution in [0.25, 0.3) is 11.0 Å². The van der Waals surface area contributed by atoms with Gasteiger partial charge in [-0.2, -0.15) is 0 Å². The number of likely N-dealkylation sites (tertiary alicyclic amines) is 1. The molecule has 4 rings (SSSR count). The van der Waals surface area contributed by atoms with Crippen molar-refractivity contribution in [2.24, 2.45) is 5.92 Å². The first-order valence-electron chi connectivity index (χ1n) is 8.65. The molecule has 5 heteroatoms. The molecule has 0 unspecified atom stereocenters. The summed E-state index contributed by atoms with van der Waals surface area (Å²) < 4.78 is 0. The van der Waals surface area contributed by atoms with Gasteiger partial charge in [-0.1, -0.05) is 6.42 Å². The van der Waals surface area contributed by atoms with Gasteiger partial charge < -0.3 is 14.8 Å². The SMILES string of the molecule is c1nc(N2CCC(CN3CCCCC3)CC2)c2cc[nH]c2n1. The van der Waals surface area contributed by atoms with E-state index in [4.69, 9.17) is 0 Å². The van der Waals surface area contributed by atoms with Crippen LogP contribution in [-0.4, -0.2) is 52.6 Å². The summed E-state index contributed by atoms with van der Waals surface area (Å²) in [7, 11) is 0. The van der Waals surface area contributed by atoms with Gasteiger partial charge in [-0.3, -0.25) is 0 Å². The number of nitrogens with zero attached hydrogens (tertiary/aromatic N) is 4. The summed E-state index contributed by atoms with van der Waals surface area (Å²) in [6.45, 7) is 6.18. The predicted octanol–water partition coefficient (Wildman–Crippen LogP) is 2.66. The van der Waals surface area contributed by atoms with Crippen molar-refractivity contribution in [3.05, 3.63) is 18.6 Å². The average molecular weight is 299 g/mol. The number of rotatable bonds is 3. The van der Waals surface area contributed by atoms with Crippen LogP contribution in [0.1, 0.15) is 32.1 Å². The van der Waals surface area contributed by atoms with Crippen LogP contribution in [0.2, 0.25) is 0 Å². The lowest BCUT2D eigenvalue weighted by Gasteiger charge is -2.36. The molecule has 1 N–H and O–H groups in total. The lowest BCUT2D eigenvalue weighted by molar-refractivity contribution is 0.181. The van der Waals surface area contributed by atoms with Crippen LogP contribution in [0.4, 0.5) is 5.82 Å². The Morgan fingerprint density at radius 3 is 2.68 bits per heavy atom. The Morgan fingerprint density at radius 1 is 1.05 bits per heavy atom. The summed E-state index contributed by atoms with van der Waals surface area (Å²) in [6.07, 6.45) is 10.4. The van der Waals surface area contributed by atoms with Gasteiger partial charge in [-0.05, 0) is 50.8 Å². The molecule has 0 aliphatic carbocycles. The lowest BCUT2D eigenvalue weighted by atomic mass is 9.95. The minimum Gasteiger partial charge on any atom is -0.356 e. The Balaban J connectivity index is 1.38. The van der Waals surface area contributed by atoms with Crippen molar-refractivity contribution in [1.29, 1.82) is 0 Å². The van der Waals surface area contributed by atoms with E-state index in [0.717, 1.165) is 35.9 Å². The molecule has 0 radical (unpaired) electrons. The number of nitrogens with one attached hydrogen (secondary N) is 1. The summed E-state index contributed by atoms with van der Waals surface area (Å²) >= 11 is 0. The third kappa shape index (κ3) is 2.82. The molecule has 118 valence electrons. The second-order valence-corrected chi connectivity index (χ2v) is 6.73. The van der Waals surface area contributed by atoms with Crippen molar-refractivity contribution in [2.75, 3.05) is 37.6 Å². The molecule has 2 aromatic heterocycles. The normalized spacial score (nSPS) is 21.5. The molecule has 4 heterocycles. The molecule has 0 aromatic carbocycles. The third-order valence-electron chi connectivity index (χ3n) is 5.21. The van der Waals surface area contributed by atoms with Crippen molar-refractivity contribution < 1.29 is 0 Å². The van der Waals surface area contributed by atoms with E-state index in [1.165, 1.54) is 51.7 Å². The number of anilines is 1. The molecule has 0 amide bonds. The van der Waals surface area contributed by atoms with Crippen LogP contribution in [0.3, 0.4) is 0 Å². The van der Waals surface area contributed by atoms with Gasteiger partial charge >= 0.3 is 0 Å². The van der Waals surface area contributed by atoms with Gasteiger partial charge in [-0.25, -0.2) is 9.97 Å². The molecular weight excluding hydrogens is 274 g/mol. The minimum absolute atomic E-state index is 0.859. The van der Waals surface area contributed by atoms with E-state index in [2.05, 4.69) is 30.8 Å². The van der Waals surface area contributed by atoms with Crippen LogP contribution >= 0.6 is 0 Å². The van der Waals surface area contributed by atoms with Crippen LogP contribution < -0.4 is 4.90 Å². The molecular formula is C17H25N5. The van der Waals surface area contributed by atoms with Crippen molar-refractivity contribution in [3.8, 4) is 0 Å². The van der Waals surface area contributed by atoms with E-state index in [-0.39, 0.29) is 0 Å². The van der Waals surface area contributed by atoms with Crippen LogP contribution in [0.5, 0.6) is 0 Å². The number of aromatic amines is 1. The molecule has 0 spiro atoms. The lowest BCUT2D eigenvalue weighted by Crippen LogP contribution is -2.40. The van der Waals surface area contributed by atoms with Gasteiger partial charge in [0.1, 0.15) is 17.8 Å². The molecule has 2 aliphatic heterocycles. The highest BCUT2D eigenvalue weighted by molar-refractivity contribution is 5.87.